The van der Waals surface area contributed by atoms with Crippen LogP contribution in [0.25, 0.3) is 0 Å². The van der Waals surface area contributed by atoms with Gasteiger partial charge in [0.15, 0.2) is 0 Å². The molecule has 0 unspecified atom stereocenters. The lowest BCUT2D eigenvalue weighted by atomic mass is 9.98. The van der Waals surface area contributed by atoms with Crippen LogP contribution in [0.5, 0.6) is 5.75 Å². The van der Waals surface area contributed by atoms with E-state index in [2.05, 4.69) is 57.7 Å². The van der Waals surface area contributed by atoms with Crippen molar-refractivity contribution in [1.82, 2.24) is 0 Å². The van der Waals surface area contributed by atoms with E-state index in [0.717, 1.165) is 38.0 Å². The minimum absolute atomic E-state index is 0.494. The summed E-state index contributed by atoms with van der Waals surface area (Å²) in [5.74, 6) is 7.86. The fraction of sp³-hybridized carbons (Fsp3) is 0.556. The predicted molar refractivity (Wildman–Crippen MR) is 82.7 cm³/mol. The van der Waals surface area contributed by atoms with Crippen LogP contribution in [0.15, 0.2) is 18.2 Å². The van der Waals surface area contributed by atoms with Crippen LogP contribution in [-0.4, -0.2) is 6.61 Å². The zero-order chi connectivity index (χ0) is 14.1. The summed E-state index contributed by atoms with van der Waals surface area (Å²) < 4.78 is 5.82. The summed E-state index contributed by atoms with van der Waals surface area (Å²) in [7, 11) is 0. The molecule has 0 bridgehead atoms. The van der Waals surface area contributed by atoms with Gasteiger partial charge in [0.05, 0.1) is 6.61 Å². The lowest BCUT2D eigenvalue weighted by Crippen LogP contribution is -2.01. The Balaban J connectivity index is 2.77. The molecule has 0 aliphatic heterocycles. The molecule has 0 saturated carbocycles. The summed E-state index contributed by atoms with van der Waals surface area (Å²) in [5.41, 5.74) is 2.67. The van der Waals surface area contributed by atoms with E-state index in [-0.39, 0.29) is 0 Å². The zero-order valence-corrected chi connectivity index (χ0v) is 12.8. The van der Waals surface area contributed by atoms with Crippen molar-refractivity contribution in [2.45, 2.75) is 59.3 Å². The first kappa shape index (κ1) is 15.6. The number of ether oxygens (including phenoxy) is 1. The number of rotatable bonds is 6. The topological polar surface area (TPSA) is 9.23 Å². The number of hydrogen-bond donors (Lipinski definition) is 0. The Morgan fingerprint density at radius 2 is 1.95 bits per heavy atom. The Bertz CT molecular complexity index is 435. The van der Waals surface area contributed by atoms with Crippen LogP contribution in [0, 0.1) is 11.8 Å². The standard InChI is InChI=1S/C18H26O/c1-5-7-8-9-10-16-11-12-18(19-13-6-2)17(14-16)15(3)4/h11-12,14-15H,5-6,9-10,13H2,1-4H3. The quantitative estimate of drug-likeness (QED) is 0.656. The van der Waals surface area contributed by atoms with E-state index in [0.29, 0.717) is 5.92 Å². The van der Waals surface area contributed by atoms with Crippen molar-refractivity contribution in [3.63, 3.8) is 0 Å². The molecule has 0 aromatic heterocycles. The summed E-state index contributed by atoms with van der Waals surface area (Å²) in [6.45, 7) is 9.45. The molecule has 0 amide bonds. The second-order valence-electron chi connectivity index (χ2n) is 5.08. The third kappa shape index (κ3) is 5.39. The van der Waals surface area contributed by atoms with Crippen LogP contribution in [0.3, 0.4) is 0 Å². The van der Waals surface area contributed by atoms with Gasteiger partial charge in [0.2, 0.25) is 0 Å². The second kappa shape index (κ2) is 8.64. The molecule has 0 radical (unpaired) electrons. The van der Waals surface area contributed by atoms with E-state index in [1.165, 1.54) is 11.1 Å². The van der Waals surface area contributed by atoms with Crippen LogP contribution >= 0.6 is 0 Å². The van der Waals surface area contributed by atoms with Crippen molar-refractivity contribution in [3.05, 3.63) is 29.3 Å². The van der Waals surface area contributed by atoms with Crippen LogP contribution in [0.1, 0.15) is 64.0 Å². The molecule has 19 heavy (non-hydrogen) atoms. The smallest absolute Gasteiger partial charge is 0.122 e. The molecule has 0 aliphatic carbocycles. The lowest BCUT2D eigenvalue weighted by Gasteiger charge is -2.15. The monoisotopic (exact) mass is 258 g/mol. The third-order valence-corrected chi connectivity index (χ3v) is 3.00. The van der Waals surface area contributed by atoms with Gasteiger partial charge in [-0.3, -0.25) is 0 Å². The molecule has 104 valence electrons. The average molecular weight is 258 g/mol. The molecule has 0 aliphatic rings. The van der Waals surface area contributed by atoms with Crippen LogP contribution in [0.2, 0.25) is 0 Å². The molecule has 1 aromatic carbocycles. The van der Waals surface area contributed by atoms with E-state index in [9.17, 15) is 0 Å². The fourth-order valence-corrected chi connectivity index (χ4v) is 1.97. The Kier molecular flexibility index (Phi) is 7.11. The molecule has 0 fully saturated rings. The largest absolute Gasteiger partial charge is 0.493 e. The molecule has 0 heterocycles. The summed E-state index contributed by atoms with van der Waals surface area (Å²) >= 11 is 0. The highest BCUT2D eigenvalue weighted by molar-refractivity contribution is 5.39. The molecule has 1 aromatic rings. The van der Waals surface area contributed by atoms with Gasteiger partial charge in [-0.15, -0.1) is 11.8 Å². The summed E-state index contributed by atoms with van der Waals surface area (Å²) in [5, 5.41) is 0. The van der Waals surface area contributed by atoms with Gasteiger partial charge in [-0.25, -0.2) is 0 Å². The van der Waals surface area contributed by atoms with Gasteiger partial charge in [-0.05, 0) is 36.0 Å². The van der Waals surface area contributed by atoms with Crippen LogP contribution in [-0.2, 0) is 6.42 Å². The van der Waals surface area contributed by atoms with Crippen molar-refractivity contribution >= 4 is 0 Å². The highest BCUT2D eigenvalue weighted by atomic mass is 16.5. The Labute approximate surface area is 118 Å². The molecule has 1 rings (SSSR count). The first-order valence-corrected chi connectivity index (χ1v) is 7.40. The van der Waals surface area contributed by atoms with Crippen molar-refractivity contribution in [3.8, 4) is 17.6 Å². The lowest BCUT2D eigenvalue weighted by molar-refractivity contribution is 0.313. The van der Waals surface area contributed by atoms with E-state index in [1.54, 1.807) is 0 Å². The number of hydrogen-bond acceptors (Lipinski definition) is 1. The second-order valence-corrected chi connectivity index (χ2v) is 5.08. The first-order valence-electron chi connectivity index (χ1n) is 7.40. The van der Waals surface area contributed by atoms with Gasteiger partial charge < -0.3 is 4.74 Å². The Morgan fingerprint density at radius 1 is 1.16 bits per heavy atom. The summed E-state index contributed by atoms with van der Waals surface area (Å²) in [6, 6.07) is 6.57. The summed E-state index contributed by atoms with van der Waals surface area (Å²) in [6.07, 6.45) is 3.97. The Hall–Kier alpha value is -1.42. The van der Waals surface area contributed by atoms with E-state index >= 15 is 0 Å². The highest BCUT2D eigenvalue weighted by Crippen LogP contribution is 2.28. The third-order valence-electron chi connectivity index (χ3n) is 3.00. The van der Waals surface area contributed by atoms with Gasteiger partial charge in [0.1, 0.15) is 5.75 Å². The molecule has 0 spiro atoms. The van der Waals surface area contributed by atoms with Crippen molar-refractivity contribution < 1.29 is 4.74 Å². The number of benzene rings is 1. The van der Waals surface area contributed by atoms with Gasteiger partial charge in [0, 0.05) is 12.8 Å². The van der Waals surface area contributed by atoms with E-state index < -0.39 is 0 Å². The molecular weight excluding hydrogens is 232 g/mol. The van der Waals surface area contributed by atoms with Gasteiger partial charge in [-0.1, -0.05) is 39.8 Å². The maximum Gasteiger partial charge on any atom is 0.122 e. The van der Waals surface area contributed by atoms with E-state index in [4.69, 9.17) is 4.74 Å². The normalized spacial score (nSPS) is 10.2. The molecular formula is C18H26O. The molecule has 0 atom stereocenters. The van der Waals surface area contributed by atoms with Crippen molar-refractivity contribution in [2.24, 2.45) is 0 Å². The molecule has 0 N–H and O–H groups in total. The van der Waals surface area contributed by atoms with Gasteiger partial charge >= 0.3 is 0 Å². The predicted octanol–water partition coefficient (Wildman–Crippen LogP) is 4.94. The maximum atomic E-state index is 5.82. The summed E-state index contributed by atoms with van der Waals surface area (Å²) in [4.78, 5) is 0. The Morgan fingerprint density at radius 3 is 2.58 bits per heavy atom. The maximum absolute atomic E-state index is 5.82. The van der Waals surface area contributed by atoms with Gasteiger partial charge in [0.25, 0.3) is 0 Å². The first-order chi connectivity index (χ1) is 9.19. The fourth-order valence-electron chi connectivity index (χ4n) is 1.97. The van der Waals surface area contributed by atoms with Gasteiger partial charge in [-0.2, -0.15) is 0 Å². The average Bonchev–Trinajstić information content (AvgIpc) is 2.41. The molecule has 1 heteroatoms. The number of aryl methyl sites for hydroxylation is 1. The zero-order valence-electron chi connectivity index (χ0n) is 12.8. The van der Waals surface area contributed by atoms with Crippen LogP contribution in [0.4, 0.5) is 0 Å². The van der Waals surface area contributed by atoms with Crippen molar-refractivity contribution in [1.29, 1.82) is 0 Å². The molecule has 0 saturated heterocycles. The van der Waals surface area contributed by atoms with Crippen molar-refractivity contribution in [2.75, 3.05) is 6.61 Å². The van der Waals surface area contributed by atoms with E-state index in [1.807, 2.05) is 0 Å². The SMILES string of the molecule is CCC#CCCc1ccc(OCCC)c(C(C)C)c1. The van der Waals surface area contributed by atoms with Crippen LogP contribution < -0.4 is 4.74 Å². The molecule has 1 nitrogen and oxygen atoms in total. The highest BCUT2D eigenvalue weighted by Gasteiger charge is 2.08. The minimum Gasteiger partial charge on any atom is -0.493 e. The minimum atomic E-state index is 0.494.